The molecule has 1 amide bonds. The Morgan fingerprint density at radius 1 is 0.935 bits per heavy atom. The second kappa shape index (κ2) is 8.81. The van der Waals surface area contributed by atoms with E-state index in [9.17, 15) is 13.2 Å². The molecular weight excluding hydrogens is 436 g/mol. The summed E-state index contributed by atoms with van der Waals surface area (Å²) in [6.07, 6.45) is 1.67. The maximum atomic E-state index is 12.3. The van der Waals surface area contributed by atoms with Gasteiger partial charge < -0.3 is 5.32 Å². The molecule has 0 aliphatic rings. The first kappa shape index (κ1) is 20.9. The van der Waals surface area contributed by atoms with Crippen LogP contribution in [-0.4, -0.2) is 30.8 Å². The minimum atomic E-state index is -3.82. The number of carbonyl (C=O) groups excluding carboxylic acids is 1. The number of para-hydroxylation sites is 2. The molecule has 31 heavy (non-hydrogen) atoms. The zero-order valence-corrected chi connectivity index (χ0v) is 17.7. The Balaban J connectivity index is 1.44. The average Bonchev–Trinajstić information content (AvgIpc) is 2.78. The van der Waals surface area contributed by atoms with Gasteiger partial charge in [-0.25, -0.2) is 18.1 Å². The third-order valence-electron chi connectivity index (χ3n) is 4.44. The normalized spacial score (nSPS) is 11.4. The van der Waals surface area contributed by atoms with Crippen molar-refractivity contribution in [3.05, 3.63) is 84.0 Å². The number of halogens is 1. The number of hydrogen-bond donors (Lipinski definition) is 2. The van der Waals surface area contributed by atoms with Crippen LogP contribution in [0, 0.1) is 0 Å². The van der Waals surface area contributed by atoms with Crippen molar-refractivity contribution in [1.29, 1.82) is 0 Å². The molecule has 0 saturated heterocycles. The van der Waals surface area contributed by atoms with Crippen LogP contribution < -0.4 is 10.0 Å². The number of benzene rings is 3. The molecule has 0 aliphatic heterocycles. The molecule has 156 valence electrons. The molecule has 3 aromatic carbocycles. The third-order valence-corrected chi connectivity index (χ3v) is 6.11. The van der Waals surface area contributed by atoms with Crippen LogP contribution in [0.4, 0.5) is 5.69 Å². The maximum absolute atomic E-state index is 12.3. The van der Waals surface area contributed by atoms with Gasteiger partial charge in [0.1, 0.15) is 0 Å². The van der Waals surface area contributed by atoms with Gasteiger partial charge >= 0.3 is 0 Å². The Bertz CT molecular complexity index is 1360. The van der Waals surface area contributed by atoms with E-state index in [2.05, 4.69) is 20.0 Å². The van der Waals surface area contributed by atoms with E-state index in [-0.39, 0.29) is 4.90 Å². The molecule has 0 aliphatic carbocycles. The van der Waals surface area contributed by atoms with E-state index in [1.807, 2.05) is 30.3 Å². The monoisotopic (exact) mass is 452 g/mol. The molecule has 2 N–H and O–H groups in total. The van der Waals surface area contributed by atoms with E-state index in [0.717, 1.165) is 16.6 Å². The van der Waals surface area contributed by atoms with Crippen LogP contribution in [0.1, 0.15) is 0 Å². The van der Waals surface area contributed by atoms with Crippen molar-refractivity contribution < 1.29 is 13.2 Å². The van der Waals surface area contributed by atoms with E-state index >= 15 is 0 Å². The predicted molar refractivity (Wildman–Crippen MR) is 120 cm³/mol. The second-order valence-corrected chi connectivity index (χ2v) is 8.85. The summed E-state index contributed by atoms with van der Waals surface area (Å²) >= 11 is 5.78. The molecule has 0 radical (unpaired) electrons. The van der Waals surface area contributed by atoms with Crippen molar-refractivity contribution in [2.24, 2.45) is 0 Å². The minimum absolute atomic E-state index is 0.0292. The van der Waals surface area contributed by atoms with Crippen molar-refractivity contribution in [2.75, 3.05) is 11.9 Å². The topological polar surface area (TPSA) is 101 Å². The molecule has 1 aromatic heterocycles. The first-order chi connectivity index (χ1) is 14.9. The highest BCUT2D eigenvalue weighted by molar-refractivity contribution is 7.89. The first-order valence-corrected chi connectivity index (χ1v) is 11.1. The summed E-state index contributed by atoms with van der Waals surface area (Å²) in [7, 11) is -3.82. The number of anilines is 1. The van der Waals surface area contributed by atoms with Crippen molar-refractivity contribution in [1.82, 2.24) is 14.7 Å². The molecule has 0 spiro atoms. The molecule has 0 bridgehead atoms. The summed E-state index contributed by atoms with van der Waals surface area (Å²) in [4.78, 5) is 21.3. The Labute approximate surface area is 184 Å². The molecule has 0 atom stereocenters. The SMILES string of the molecule is O=C(CNS(=O)(=O)c1ccc(Cl)cc1)Nc1cccc(-c2cnc3ccccc3n2)c1. The van der Waals surface area contributed by atoms with Crippen molar-refractivity contribution >= 4 is 44.3 Å². The van der Waals surface area contributed by atoms with Gasteiger partial charge in [0.25, 0.3) is 0 Å². The van der Waals surface area contributed by atoms with E-state index in [0.29, 0.717) is 16.4 Å². The van der Waals surface area contributed by atoms with Gasteiger partial charge in [-0.1, -0.05) is 35.9 Å². The molecule has 4 rings (SSSR count). The minimum Gasteiger partial charge on any atom is -0.325 e. The Morgan fingerprint density at radius 2 is 1.68 bits per heavy atom. The number of nitrogens with one attached hydrogen (secondary N) is 2. The highest BCUT2D eigenvalue weighted by Gasteiger charge is 2.15. The number of hydrogen-bond acceptors (Lipinski definition) is 5. The largest absolute Gasteiger partial charge is 0.325 e. The van der Waals surface area contributed by atoms with Crippen LogP contribution in [0.15, 0.2) is 83.9 Å². The van der Waals surface area contributed by atoms with Gasteiger partial charge in [-0.2, -0.15) is 0 Å². The van der Waals surface area contributed by atoms with Crippen LogP contribution in [0.2, 0.25) is 5.02 Å². The lowest BCUT2D eigenvalue weighted by atomic mass is 10.1. The van der Waals surface area contributed by atoms with Crippen LogP contribution in [-0.2, 0) is 14.8 Å². The molecule has 7 nitrogen and oxygen atoms in total. The fourth-order valence-electron chi connectivity index (χ4n) is 2.92. The lowest BCUT2D eigenvalue weighted by molar-refractivity contribution is -0.115. The Kier molecular flexibility index (Phi) is 5.94. The van der Waals surface area contributed by atoms with E-state index in [1.165, 1.54) is 24.3 Å². The van der Waals surface area contributed by atoms with Gasteiger partial charge in [0, 0.05) is 16.3 Å². The van der Waals surface area contributed by atoms with E-state index in [4.69, 9.17) is 11.6 Å². The molecule has 1 heterocycles. The van der Waals surface area contributed by atoms with Gasteiger partial charge in [-0.05, 0) is 48.5 Å². The molecule has 0 unspecified atom stereocenters. The number of fused-ring (bicyclic) bond motifs is 1. The number of nitrogens with zero attached hydrogens (tertiary/aromatic N) is 2. The third kappa shape index (κ3) is 5.05. The number of carbonyl (C=O) groups is 1. The molecule has 0 saturated carbocycles. The molecule has 0 fully saturated rings. The van der Waals surface area contributed by atoms with Crippen molar-refractivity contribution in [3.63, 3.8) is 0 Å². The van der Waals surface area contributed by atoms with Crippen molar-refractivity contribution in [3.8, 4) is 11.3 Å². The first-order valence-electron chi connectivity index (χ1n) is 9.28. The zero-order valence-electron chi connectivity index (χ0n) is 16.1. The smallest absolute Gasteiger partial charge is 0.241 e. The van der Waals surface area contributed by atoms with Gasteiger partial charge in [0.05, 0.1) is 34.4 Å². The summed E-state index contributed by atoms with van der Waals surface area (Å²) in [5.74, 6) is -0.501. The predicted octanol–water partition coefficient (Wildman–Crippen LogP) is 3.87. The van der Waals surface area contributed by atoms with Crippen LogP contribution in [0.3, 0.4) is 0 Å². The summed E-state index contributed by atoms with van der Waals surface area (Å²) in [5.41, 5.74) is 3.52. The highest BCUT2D eigenvalue weighted by Crippen LogP contribution is 2.22. The number of rotatable bonds is 6. The van der Waals surface area contributed by atoms with Crippen LogP contribution >= 0.6 is 11.6 Å². The summed E-state index contributed by atoms with van der Waals surface area (Å²) in [6.45, 7) is -0.412. The fraction of sp³-hybridized carbons (Fsp3) is 0.0455. The highest BCUT2D eigenvalue weighted by atomic mass is 35.5. The molecule has 9 heteroatoms. The standard InChI is InChI=1S/C22H17ClN4O3S/c23-16-8-10-18(11-9-16)31(29,30)25-14-22(28)26-17-5-3-4-15(12-17)21-13-24-19-6-1-2-7-20(19)27-21/h1-13,25H,14H2,(H,26,28). The van der Waals surface area contributed by atoms with Gasteiger partial charge in [-0.15, -0.1) is 0 Å². The zero-order chi connectivity index (χ0) is 21.8. The fourth-order valence-corrected chi connectivity index (χ4v) is 4.02. The lowest BCUT2D eigenvalue weighted by Crippen LogP contribution is -2.32. The van der Waals surface area contributed by atoms with Gasteiger partial charge in [0.2, 0.25) is 15.9 Å². The number of aromatic nitrogens is 2. The van der Waals surface area contributed by atoms with Gasteiger partial charge in [0.15, 0.2) is 0 Å². The molecular formula is C22H17ClN4O3S. The maximum Gasteiger partial charge on any atom is 0.241 e. The van der Waals surface area contributed by atoms with Crippen LogP contribution in [0.5, 0.6) is 0 Å². The average molecular weight is 453 g/mol. The van der Waals surface area contributed by atoms with Gasteiger partial charge in [-0.3, -0.25) is 9.78 Å². The van der Waals surface area contributed by atoms with Crippen molar-refractivity contribution in [2.45, 2.75) is 4.90 Å². The van der Waals surface area contributed by atoms with E-state index in [1.54, 1.807) is 24.4 Å². The van der Waals surface area contributed by atoms with E-state index < -0.39 is 22.5 Å². The summed E-state index contributed by atoms with van der Waals surface area (Å²) in [5, 5.41) is 3.11. The summed E-state index contributed by atoms with van der Waals surface area (Å²) in [6, 6.07) is 20.3. The van der Waals surface area contributed by atoms with Crippen LogP contribution in [0.25, 0.3) is 22.3 Å². The Morgan fingerprint density at radius 3 is 2.45 bits per heavy atom. The number of sulfonamides is 1. The summed E-state index contributed by atoms with van der Waals surface area (Å²) < 4.78 is 26.9. The quantitative estimate of drug-likeness (QED) is 0.462. The number of amides is 1. The molecule has 4 aromatic rings. The Hall–Kier alpha value is -3.33. The second-order valence-electron chi connectivity index (χ2n) is 6.65. The lowest BCUT2D eigenvalue weighted by Gasteiger charge is -2.09.